The van der Waals surface area contributed by atoms with E-state index in [2.05, 4.69) is 56.9 Å². The van der Waals surface area contributed by atoms with E-state index < -0.39 is 0 Å². The molecule has 1 amide bonds. The fourth-order valence-corrected chi connectivity index (χ4v) is 6.90. The fourth-order valence-electron chi connectivity index (χ4n) is 6.90. The largest absolute Gasteiger partial charge is 0.383 e. The van der Waals surface area contributed by atoms with Crippen LogP contribution in [0.3, 0.4) is 0 Å². The number of ether oxygens (including phenoxy) is 1. The van der Waals surface area contributed by atoms with Crippen molar-refractivity contribution in [2.45, 2.75) is 91.3 Å². The number of carbonyl (C=O) groups excluding carboxylic acids is 1. The minimum atomic E-state index is -0.178. The molecule has 1 saturated carbocycles. The minimum absolute atomic E-state index is 0.154. The van der Waals surface area contributed by atoms with Gasteiger partial charge in [-0.25, -0.2) is 0 Å². The second-order valence-electron chi connectivity index (χ2n) is 12.7. The Morgan fingerprint density at radius 1 is 1.07 bits per heavy atom. The molecule has 2 aromatic rings. The molecular formula is C36H53N5O3. The molecule has 1 saturated heterocycles. The van der Waals surface area contributed by atoms with E-state index in [-0.39, 0.29) is 18.0 Å². The molecule has 0 bridgehead atoms. The zero-order valence-electron chi connectivity index (χ0n) is 27.9. The Kier molecular flexibility index (Phi) is 12.5. The van der Waals surface area contributed by atoms with Crippen LogP contribution in [0.2, 0.25) is 0 Å². The second-order valence-corrected chi connectivity index (χ2v) is 12.7. The fraction of sp³-hybridized carbons (Fsp3) is 0.611. The van der Waals surface area contributed by atoms with Gasteiger partial charge in [-0.15, -0.1) is 0 Å². The van der Waals surface area contributed by atoms with Gasteiger partial charge < -0.3 is 24.8 Å². The molecule has 1 aromatic heterocycles. The van der Waals surface area contributed by atoms with Crippen LogP contribution < -0.4 is 15.8 Å². The van der Waals surface area contributed by atoms with Crippen LogP contribution in [0, 0.1) is 32.6 Å². The Hall–Kier alpha value is -3.12. The SMILES string of the molecule is CCN(c1cc(C#CCN2CCCCC2)cc(C(=O)NCc2c(C)cc(C)[nH]c2=O)c1C)C1CCC(N(C)CCOC)CC1. The van der Waals surface area contributed by atoms with Crippen molar-refractivity contribution >= 4 is 11.6 Å². The standard InChI is InChI=1S/C36H53N5O3/c1-7-41(31-15-13-30(14-16-31)39(5)20-21-44-6)34-24-29(12-11-19-40-17-9-8-10-18-40)23-32(28(34)4)35(42)37-25-33-26(2)22-27(3)38-36(33)43/h22-24,30-31H,7-10,13-21,25H2,1-6H3,(H,37,42)(H,38,43). The van der Waals surface area contributed by atoms with E-state index in [1.54, 1.807) is 7.11 Å². The third-order valence-electron chi connectivity index (χ3n) is 9.56. The number of hydrogen-bond donors (Lipinski definition) is 2. The highest BCUT2D eigenvalue weighted by molar-refractivity contribution is 5.97. The first kappa shape index (κ1) is 33.8. The molecule has 2 N–H and O–H groups in total. The number of hydrogen-bond acceptors (Lipinski definition) is 6. The van der Waals surface area contributed by atoms with Gasteiger partial charge in [-0.2, -0.15) is 0 Å². The summed E-state index contributed by atoms with van der Waals surface area (Å²) in [6.45, 7) is 13.7. The van der Waals surface area contributed by atoms with Crippen LogP contribution in [0.1, 0.15) is 90.2 Å². The molecule has 44 heavy (non-hydrogen) atoms. The summed E-state index contributed by atoms with van der Waals surface area (Å²) in [5.41, 5.74) is 5.65. The van der Waals surface area contributed by atoms with Gasteiger partial charge in [0.05, 0.1) is 13.2 Å². The van der Waals surface area contributed by atoms with E-state index in [0.717, 1.165) is 93.1 Å². The maximum Gasteiger partial charge on any atom is 0.253 e. The lowest BCUT2D eigenvalue weighted by atomic mass is 9.88. The monoisotopic (exact) mass is 603 g/mol. The molecule has 0 spiro atoms. The van der Waals surface area contributed by atoms with Gasteiger partial charge >= 0.3 is 0 Å². The molecular weight excluding hydrogens is 550 g/mol. The van der Waals surface area contributed by atoms with Crippen LogP contribution in [0.15, 0.2) is 23.0 Å². The van der Waals surface area contributed by atoms with Gasteiger partial charge in [0.25, 0.3) is 11.5 Å². The zero-order chi connectivity index (χ0) is 31.6. The number of likely N-dealkylation sites (N-methyl/N-ethyl adjacent to an activating group) is 1. The number of nitrogens with zero attached hydrogens (tertiary/aromatic N) is 3. The number of aromatic amines is 1. The summed E-state index contributed by atoms with van der Waals surface area (Å²) >= 11 is 0. The lowest BCUT2D eigenvalue weighted by Crippen LogP contribution is -2.44. The number of piperidine rings is 1. The summed E-state index contributed by atoms with van der Waals surface area (Å²) in [7, 11) is 3.96. The van der Waals surface area contributed by atoms with Crippen LogP contribution >= 0.6 is 0 Å². The molecule has 8 nitrogen and oxygen atoms in total. The number of nitrogens with one attached hydrogen (secondary N) is 2. The number of anilines is 1. The number of carbonyl (C=O) groups is 1. The number of likely N-dealkylation sites (tertiary alicyclic amines) is 1. The molecule has 240 valence electrons. The van der Waals surface area contributed by atoms with E-state index in [0.29, 0.717) is 23.2 Å². The van der Waals surface area contributed by atoms with Gasteiger partial charge in [-0.1, -0.05) is 18.3 Å². The Morgan fingerprint density at radius 2 is 1.77 bits per heavy atom. The Morgan fingerprint density at radius 3 is 2.43 bits per heavy atom. The van der Waals surface area contributed by atoms with E-state index in [1.165, 1.54) is 19.3 Å². The van der Waals surface area contributed by atoms with Crippen molar-refractivity contribution in [3.63, 3.8) is 0 Å². The van der Waals surface area contributed by atoms with E-state index in [9.17, 15) is 9.59 Å². The van der Waals surface area contributed by atoms with Crippen molar-refractivity contribution in [2.75, 3.05) is 58.4 Å². The van der Waals surface area contributed by atoms with Crippen LogP contribution in [0.5, 0.6) is 0 Å². The predicted molar refractivity (Wildman–Crippen MR) is 180 cm³/mol. The van der Waals surface area contributed by atoms with E-state index in [1.807, 2.05) is 32.9 Å². The van der Waals surface area contributed by atoms with Gasteiger partial charge in [-0.3, -0.25) is 14.5 Å². The molecule has 2 aliphatic rings. The lowest BCUT2D eigenvalue weighted by Gasteiger charge is -2.41. The molecule has 0 unspecified atom stereocenters. The van der Waals surface area contributed by atoms with Crippen LogP contribution in [0.4, 0.5) is 5.69 Å². The second kappa shape index (κ2) is 16.3. The Bertz CT molecular complexity index is 1380. The molecule has 8 heteroatoms. The molecule has 4 rings (SSSR count). The van der Waals surface area contributed by atoms with Crippen molar-refractivity contribution in [3.8, 4) is 11.8 Å². The highest BCUT2D eigenvalue weighted by Gasteiger charge is 2.29. The van der Waals surface area contributed by atoms with Crippen molar-refractivity contribution in [1.82, 2.24) is 20.1 Å². The average Bonchev–Trinajstić information content (AvgIpc) is 3.01. The number of aromatic nitrogens is 1. The summed E-state index contributed by atoms with van der Waals surface area (Å²) in [6.07, 6.45) is 8.28. The highest BCUT2D eigenvalue weighted by atomic mass is 16.5. The third-order valence-corrected chi connectivity index (χ3v) is 9.56. The summed E-state index contributed by atoms with van der Waals surface area (Å²) in [6, 6.07) is 7.03. The molecule has 0 atom stereocenters. The summed E-state index contributed by atoms with van der Waals surface area (Å²) in [5, 5.41) is 3.04. The maximum absolute atomic E-state index is 13.7. The summed E-state index contributed by atoms with van der Waals surface area (Å²) < 4.78 is 5.30. The minimum Gasteiger partial charge on any atom is -0.383 e. The van der Waals surface area contributed by atoms with Crippen LogP contribution in [-0.4, -0.2) is 86.3 Å². The first-order chi connectivity index (χ1) is 21.2. The lowest BCUT2D eigenvalue weighted by molar-refractivity contribution is 0.0950. The number of methoxy groups -OCH3 is 1. The number of benzene rings is 1. The number of rotatable bonds is 11. The molecule has 1 aliphatic carbocycles. The molecule has 1 aromatic carbocycles. The number of aryl methyl sites for hydroxylation is 2. The first-order valence-corrected chi connectivity index (χ1v) is 16.5. The topological polar surface area (TPSA) is 80.9 Å². The number of pyridine rings is 1. The molecule has 1 aliphatic heterocycles. The number of amides is 1. The quantitative estimate of drug-likeness (QED) is 0.360. The normalized spacial score (nSPS) is 19.0. The molecule has 0 radical (unpaired) electrons. The summed E-state index contributed by atoms with van der Waals surface area (Å²) in [4.78, 5) is 36.5. The van der Waals surface area contributed by atoms with Crippen molar-refractivity contribution in [2.24, 2.45) is 0 Å². The maximum atomic E-state index is 13.7. The van der Waals surface area contributed by atoms with E-state index in [4.69, 9.17) is 4.74 Å². The Labute approximate surface area is 264 Å². The number of H-pyrrole nitrogens is 1. The highest BCUT2D eigenvalue weighted by Crippen LogP contribution is 2.33. The van der Waals surface area contributed by atoms with Gasteiger partial charge in [0.15, 0.2) is 0 Å². The average molecular weight is 604 g/mol. The van der Waals surface area contributed by atoms with Crippen molar-refractivity contribution in [1.29, 1.82) is 0 Å². The first-order valence-electron chi connectivity index (χ1n) is 16.5. The van der Waals surface area contributed by atoms with Gasteiger partial charge in [-0.05, 0) is 116 Å². The van der Waals surface area contributed by atoms with Crippen molar-refractivity contribution in [3.05, 3.63) is 62.1 Å². The molecule has 2 fully saturated rings. The van der Waals surface area contributed by atoms with Crippen LogP contribution in [-0.2, 0) is 11.3 Å². The Balaban J connectivity index is 1.59. The van der Waals surface area contributed by atoms with Gasteiger partial charge in [0, 0.05) is 66.9 Å². The smallest absolute Gasteiger partial charge is 0.253 e. The van der Waals surface area contributed by atoms with Crippen molar-refractivity contribution < 1.29 is 9.53 Å². The van der Waals surface area contributed by atoms with E-state index >= 15 is 0 Å². The van der Waals surface area contributed by atoms with Gasteiger partial charge in [0.1, 0.15) is 0 Å². The summed E-state index contributed by atoms with van der Waals surface area (Å²) in [5.74, 6) is 6.62. The van der Waals surface area contributed by atoms with Crippen LogP contribution in [0.25, 0.3) is 0 Å². The zero-order valence-corrected chi connectivity index (χ0v) is 27.9. The predicted octanol–water partition coefficient (Wildman–Crippen LogP) is 4.78. The third kappa shape index (κ3) is 8.74. The van der Waals surface area contributed by atoms with Gasteiger partial charge in [0.2, 0.25) is 0 Å². The molecule has 2 heterocycles.